The third-order valence-electron chi connectivity index (χ3n) is 2.57. The number of ether oxygens (including phenoxy) is 1. The van der Waals surface area contributed by atoms with E-state index in [4.69, 9.17) is 4.74 Å². The summed E-state index contributed by atoms with van der Waals surface area (Å²) in [7, 11) is 1.80. The molecule has 0 saturated carbocycles. The highest BCUT2D eigenvalue weighted by Crippen LogP contribution is 2.10. The molecule has 1 rings (SSSR count). The molecular formula is C11H24IN3O. The molecule has 0 radical (unpaired) electrons. The summed E-state index contributed by atoms with van der Waals surface area (Å²) < 4.78 is 5.53. The first kappa shape index (κ1) is 16.0. The Bertz CT molecular complexity index is 194. The van der Waals surface area contributed by atoms with E-state index >= 15 is 0 Å². The molecule has 1 saturated heterocycles. The second-order valence-electron chi connectivity index (χ2n) is 3.87. The van der Waals surface area contributed by atoms with Crippen LogP contribution in [0.2, 0.25) is 0 Å². The van der Waals surface area contributed by atoms with Crippen LogP contribution < -0.4 is 10.6 Å². The predicted molar refractivity (Wildman–Crippen MR) is 78.7 cm³/mol. The van der Waals surface area contributed by atoms with E-state index in [-0.39, 0.29) is 24.0 Å². The van der Waals surface area contributed by atoms with Crippen molar-refractivity contribution in [1.82, 2.24) is 10.6 Å². The predicted octanol–water partition coefficient (Wildman–Crippen LogP) is 1.75. The Labute approximate surface area is 116 Å². The number of hydrogen-bond acceptors (Lipinski definition) is 2. The number of aliphatic imine (C=N–C) groups is 1. The van der Waals surface area contributed by atoms with Crippen molar-refractivity contribution in [2.24, 2.45) is 4.99 Å². The normalized spacial score (nSPS) is 20.4. The van der Waals surface area contributed by atoms with Gasteiger partial charge in [0.2, 0.25) is 0 Å². The van der Waals surface area contributed by atoms with E-state index in [1.807, 2.05) is 0 Å². The minimum atomic E-state index is 0. The number of nitrogens with one attached hydrogen (secondary N) is 2. The standard InChI is InChI=1S/C11H23N3O.HI/c1-3-4-7-13-11(12-2)14-9-10-6-5-8-15-10;/h10H,3-9H2,1-2H3,(H2,12,13,14);1H. The molecule has 16 heavy (non-hydrogen) atoms. The molecule has 2 N–H and O–H groups in total. The number of hydrogen-bond donors (Lipinski definition) is 2. The lowest BCUT2D eigenvalue weighted by Crippen LogP contribution is -2.41. The fourth-order valence-electron chi connectivity index (χ4n) is 1.62. The molecule has 1 unspecified atom stereocenters. The van der Waals surface area contributed by atoms with Gasteiger partial charge >= 0.3 is 0 Å². The summed E-state index contributed by atoms with van der Waals surface area (Å²) in [6, 6.07) is 0. The Kier molecular flexibility index (Phi) is 10.1. The monoisotopic (exact) mass is 341 g/mol. The smallest absolute Gasteiger partial charge is 0.191 e. The minimum absolute atomic E-state index is 0. The van der Waals surface area contributed by atoms with Crippen LogP contribution in [0.3, 0.4) is 0 Å². The van der Waals surface area contributed by atoms with Gasteiger partial charge in [0.15, 0.2) is 5.96 Å². The summed E-state index contributed by atoms with van der Waals surface area (Å²) in [4.78, 5) is 4.16. The first-order valence-corrected chi connectivity index (χ1v) is 5.93. The van der Waals surface area contributed by atoms with Gasteiger partial charge in [-0.2, -0.15) is 0 Å². The Hall–Kier alpha value is -0.0400. The number of guanidine groups is 1. The van der Waals surface area contributed by atoms with E-state index in [9.17, 15) is 0 Å². The van der Waals surface area contributed by atoms with E-state index in [0.717, 1.165) is 25.7 Å². The van der Waals surface area contributed by atoms with Crippen LogP contribution in [-0.2, 0) is 4.74 Å². The second kappa shape index (κ2) is 10.1. The molecule has 5 heteroatoms. The molecule has 1 aliphatic rings. The highest BCUT2D eigenvalue weighted by Gasteiger charge is 2.15. The van der Waals surface area contributed by atoms with Crippen molar-refractivity contribution in [3.05, 3.63) is 0 Å². The Morgan fingerprint density at radius 2 is 2.25 bits per heavy atom. The zero-order valence-corrected chi connectivity index (χ0v) is 12.6. The zero-order chi connectivity index (χ0) is 10.9. The van der Waals surface area contributed by atoms with Gasteiger partial charge in [-0.25, -0.2) is 0 Å². The number of nitrogens with zero attached hydrogens (tertiary/aromatic N) is 1. The minimum Gasteiger partial charge on any atom is -0.376 e. The lowest BCUT2D eigenvalue weighted by molar-refractivity contribution is 0.114. The van der Waals surface area contributed by atoms with Crippen LogP contribution in [0.15, 0.2) is 4.99 Å². The van der Waals surface area contributed by atoms with Crippen LogP contribution >= 0.6 is 24.0 Å². The van der Waals surface area contributed by atoms with E-state index in [0.29, 0.717) is 6.10 Å². The summed E-state index contributed by atoms with van der Waals surface area (Å²) in [6.45, 7) is 4.95. The van der Waals surface area contributed by atoms with Crippen LogP contribution in [0.1, 0.15) is 32.6 Å². The Morgan fingerprint density at radius 1 is 1.44 bits per heavy atom. The van der Waals surface area contributed by atoms with Crippen molar-refractivity contribution in [2.45, 2.75) is 38.7 Å². The fraction of sp³-hybridized carbons (Fsp3) is 0.909. The van der Waals surface area contributed by atoms with Gasteiger partial charge in [0, 0.05) is 26.7 Å². The lowest BCUT2D eigenvalue weighted by atomic mass is 10.2. The fourth-order valence-corrected chi connectivity index (χ4v) is 1.62. The molecule has 96 valence electrons. The maximum Gasteiger partial charge on any atom is 0.191 e. The highest BCUT2D eigenvalue weighted by molar-refractivity contribution is 14.0. The Morgan fingerprint density at radius 3 is 2.81 bits per heavy atom. The molecule has 0 aliphatic carbocycles. The maximum atomic E-state index is 5.53. The molecule has 0 aromatic heterocycles. The highest BCUT2D eigenvalue weighted by atomic mass is 127. The Balaban J connectivity index is 0.00000225. The first-order valence-electron chi connectivity index (χ1n) is 5.93. The molecule has 1 atom stereocenters. The molecule has 1 fully saturated rings. The van der Waals surface area contributed by atoms with Crippen molar-refractivity contribution in [2.75, 3.05) is 26.7 Å². The number of halogens is 1. The zero-order valence-electron chi connectivity index (χ0n) is 10.3. The average molecular weight is 341 g/mol. The molecule has 0 spiro atoms. The molecule has 1 heterocycles. The van der Waals surface area contributed by atoms with Gasteiger partial charge in [0.1, 0.15) is 0 Å². The van der Waals surface area contributed by atoms with Gasteiger partial charge in [-0.3, -0.25) is 4.99 Å². The largest absolute Gasteiger partial charge is 0.376 e. The van der Waals surface area contributed by atoms with Crippen molar-refractivity contribution in [3.8, 4) is 0 Å². The van der Waals surface area contributed by atoms with E-state index in [1.54, 1.807) is 7.05 Å². The summed E-state index contributed by atoms with van der Waals surface area (Å²) in [6.07, 6.45) is 5.11. The average Bonchev–Trinajstić information content (AvgIpc) is 2.76. The number of rotatable bonds is 5. The van der Waals surface area contributed by atoms with Crippen molar-refractivity contribution in [3.63, 3.8) is 0 Å². The molecule has 1 aliphatic heterocycles. The first-order chi connectivity index (χ1) is 7.36. The molecule has 0 bridgehead atoms. The van der Waals surface area contributed by atoms with Crippen LogP contribution in [0.5, 0.6) is 0 Å². The molecule has 0 aromatic rings. The van der Waals surface area contributed by atoms with Crippen molar-refractivity contribution in [1.29, 1.82) is 0 Å². The summed E-state index contributed by atoms with van der Waals surface area (Å²) in [5, 5.41) is 6.56. The molecule has 0 amide bonds. The van der Waals surface area contributed by atoms with Gasteiger partial charge < -0.3 is 15.4 Å². The van der Waals surface area contributed by atoms with Gasteiger partial charge in [-0.05, 0) is 19.3 Å². The summed E-state index contributed by atoms with van der Waals surface area (Å²) in [5.74, 6) is 0.888. The molecular weight excluding hydrogens is 317 g/mol. The van der Waals surface area contributed by atoms with Crippen LogP contribution in [0.25, 0.3) is 0 Å². The quantitative estimate of drug-likeness (QED) is 0.347. The van der Waals surface area contributed by atoms with Crippen LogP contribution in [-0.4, -0.2) is 38.8 Å². The van der Waals surface area contributed by atoms with E-state index in [1.165, 1.54) is 25.7 Å². The topological polar surface area (TPSA) is 45.7 Å². The van der Waals surface area contributed by atoms with Gasteiger partial charge in [0.05, 0.1) is 6.10 Å². The summed E-state index contributed by atoms with van der Waals surface area (Å²) >= 11 is 0. The van der Waals surface area contributed by atoms with Crippen LogP contribution in [0, 0.1) is 0 Å². The van der Waals surface area contributed by atoms with Crippen LogP contribution in [0.4, 0.5) is 0 Å². The lowest BCUT2D eigenvalue weighted by Gasteiger charge is -2.14. The number of unbranched alkanes of at least 4 members (excludes halogenated alkanes) is 1. The third kappa shape index (κ3) is 6.52. The molecule has 4 nitrogen and oxygen atoms in total. The van der Waals surface area contributed by atoms with Crippen molar-refractivity contribution >= 4 is 29.9 Å². The third-order valence-corrected chi connectivity index (χ3v) is 2.57. The van der Waals surface area contributed by atoms with Gasteiger partial charge in [0.25, 0.3) is 0 Å². The van der Waals surface area contributed by atoms with E-state index in [2.05, 4.69) is 22.5 Å². The van der Waals surface area contributed by atoms with Crippen molar-refractivity contribution < 1.29 is 4.74 Å². The maximum absolute atomic E-state index is 5.53. The molecule has 0 aromatic carbocycles. The van der Waals surface area contributed by atoms with Gasteiger partial charge in [-0.1, -0.05) is 13.3 Å². The van der Waals surface area contributed by atoms with Gasteiger partial charge in [-0.15, -0.1) is 24.0 Å². The second-order valence-corrected chi connectivity index (χ2v) is 3.87. The summed E-state index contributed by atoms with van der Waals surface area (Å²) in [5.41, 5.74) is 0. The SMILES string of the molecule is CCCCNC(=NC)NCC1CCCO1.I. The van der Waals surface area contributed by atoms with E-state index < -0.39 is 0 Å².